The number of esters is 2. The summed E-state index contributed by atoms with van der Waals surface area (Å²) >= 11 is 11.7. The molecule has 5 rings (SSSR count). The Balaban J connectivity index is 0.000000177. The summed E-state index contributed by atoms with van der Waals surface area (Å²) in [4.78, 5) is 55.3. The molecule has 12 heteroatoms. The van der Waals surface area contributed by atoms with Crippen LogP contribution in [0.3, 0.4) is 0 Å². The molecule has 3 heterocycles. The van der Waals surface area contributed by atoms with E-state index in [9.17, 15) is 19.2 Å². The van der Waals surface area contributed by atoms with Crippen LogP contribution >= 0.6 is 23.2 Å². The van der Waals surface area contributed by atoms with Crippen LogP contribution in [0.25, 0.3) is 11.3 Å². The number of ether oxygens (including phenoxy) is 2. The maximum Gasteiger partial charge on any atom is 0.375 e. The number of pyridine rings is 2. The number of aryl methyl sites for hydroxylation is 2. The second kappa shape index (κ2) is 11.8. The summed E-state index contributed by atoms with van der Waals surface area (Å²) in [5.74, 6) is -3.46. The highest BCUT2D eigenvalue weighted by Crippen LogP contribution is 2.34. The molecule has 198 valence electrons. The van der Waals surface area contributed by atoms with Crippen molar-refractivity contribution in [2.45, 2.75) is 39.5 Å². The Hall–Kier alpha value is -3.63. The fraction of sp³-hybridized carbons (Fsp3) is 0.346. The van der Waals surface area contributed by atoms with Crippen molar-refractivity contribution < 1.29 is 28.7 Å². The molecule has 1 N–H and O–H groups in total. The summed E-state index contributed by atoms with van der Waals surface area (Å²) in [7, 11) is 0. The number of ketones is 2. The van der Waals surface area contributed by atoms with Gasteiger partial charge < -0.3 is 9.47 Å². The zero-order chi connectivity index (χ0) is 27.4. The first-order chi connectivity index (χ1) is 18.2. The van der Waals surface area contributed by atoms with E-state index in [2.05, 4.69) is 24.9 Å². The van der Waals surface area contributed by atoms with Crippen LogP contribution in [0.1, 0.15) is 57.8 Å². The van der Waals surface area contributed by atoms with Crippen LogP contribution in [-0.4, -0.2) is 56.9 Å². The summed E-state index contributed by atoms with van der Waals surface area (Å²) < 4.78 is 9.65. The van der Waals surface area contributed by atoms with Gasteiger partial charge >= 0.3 is 11.9 Å². The van der Waals surface area contributed by atoms with Crippen LogP contribution in [0.15, 0.2) is 24.5 Å². The first-order valence-electron chi connectivity index (χ1n) is 12.0. The lowest BCUT2D eigenvalue weighted by Crippen LogP contribution is -2.35. The Morgan fingerprint density at radius 2 is 1.58 bits per heavy atom. The molecule has 10 nitrogen and oxygen atoms in total. The van der Waals surface area contributed by atoms with E-state index in [1.807, 2.05) is 0 Å². The number of Topliss-reactive ketones (excluding diaryl/α,β-unsaturated/α-hetero) is 2. The van der Waals surface area contributed by atoms with E-state index in [0.717, 1.165) is 40.8 Å². The molecule has 0 bridgehead atoms. The minimum absolute atomic E-state index is 0.109. The molecule has 0 aromatic carbocycles. The number of carbonyl (C=O) groups is 4. The Bertz CT molecular complexity index is 1420. The molecule has 0 fully saturated rings. The monoisotopic (exact) mass is 558 g/mol. The molecule has 38 heavy (non-hydrogen) atoms. The molecule has 0 radical (unpaired) electrons. The predicted molar refractivity (Wildman–Crippen MR) is 137 cm³/mol. The van der Waals surface area contributed by atoms with E-state index in [1.54, 1.807) is 26.1 Å². The quantitative estimate of drug-likeness (QED) is 0.212. The van der Waals surface area contributed by atoms with Gasteiger partial charge in [0.05, 0.1) is 24.8 Å². The van der Waals surface area contributed by atoms with E-state index >= 15 is 0 Å². The fourth-order valence-electron chi connectivity index (χ4n) is 4.44. The third-order valence-electron chi connectivity index (χ3n) is 6.23. The Labute approximate surface area is 228 Å². The maximum absolute atomic E-state index is 12.2. The van der Waals surface area contributed by atoms with Crippen molar-refractivity contribution in [3.63, 3.8) is 0 Å². The van der Waals surface area contributed by atoms with Crippen molar-refractivity contribution in [2.75, 3.05) is 13.2 Å². The molecule has 3 aromatic heterocycles. The zero-order valence-corrected chi connectivity index (χ0v) is 22.2. The van der Waals surface area contributed by atoms with Crippen molar-refractivity contribution >= 4 is 46.7 Å². The van der Waals surface area contributed by atoms with Crippen LogP contribution in [0.2, 0.25) is 10.3 Å². The van der Waals surface area contributed by atoms with Crippen LogP contribution in [-0.2, 0) is 38.3 Å². The number of hydrogen-bond donors (Lipinski definition) is 1. The smallest absolute Gasteiger partial charge is 0.375 e. The van der Waals surface area contributed by atoms with Gasteiger partial charge in [-0.1, -0.05) is 23.2 Å². The highest BCUT2D eigenvalue weighted by atomic mass is 35.5. The molecular formula is C26H24Cl2N4O6. The van der Waals surface area contributed by atoms with Crippen LogP contribution < -0.4 is 0 Å². The number of H-pyrrole nitrogens is 1. The van der Waals surface area contributed by atoms with Crippen LogP contribution in [0.5, 0.6) is 0 Å². The summed E-state index contributed by atoms with van der Waals surface area (Å²) in [5.41, 5.74) is 5.26. The van der Waals surface area contributed by atoms with Crippen LogP contribution in [0.4, 0.5) is 0 Å². The largest absolute Gasteiger partial charge is 0.461 e. The number of fused-ring (bicyclic) bond motifs is 4. The Morgan fingerprint density at radius 3 is 2.24 bits per heavy atom. The van der Waals surface area contributed by atoms with Crippen molar-refractivity contribution in [1.29, 1.82) is 0 Å². The number of carbonyl (C=O) groups excluding carboxylic acids is 4. The van der Waals surface area contributed by atoms with Gasteiger partial charge in [-0.3, -0.25) is 14.7 Å². The molecular weight excluding hydrogens is 535 g/mol. The average Bonchev–Trinajstić information content (AvgIpc) is 3.34. The molecule has 0 saturated heterocycles. The molecule has 0 amide bonds. The molecule has 2 aliphatic carbocycles. The summed E-state index contributed by atoms with van der Waals surface area (Å²) in [6.07, 6.45) is 5.67. The number of halogens is 2. The second-order valence-electron chi connectivity index (χ2n) is 8.51. The van der Waals surface area contributed by atoms with E-state index in [1.165, 1.54) is 12.3 Å². The van der Waals surface area contributed by atoms with E-state index in [4.69, 9.17) is 27.9 Å². The number of hydrogen-bond acceptors (Lipinski definition) is 9. The van der Waals surface area contributed by atoms with Gasteiger partial charge in [0.2, 0.25) is 0 Å². The van der Waals surface area contributed by atoms with Gasteiger partial charge in [-0.2, -0.15) is 5.10 Å². The molecule has 1 atom stereocenters. The second-order valence-corrected chi connectivity index (χ2v) is 9.29. The predicted octanol–water partition coefficient (Wildman–Crippen LogP) is 4.01. The minimum atomic E-state index is -0.968. The summed E-state index contributed by atoms with van der Waals surface area (Å²) in [5, 5.41) is 7.62. The van der Waals surface area contributed by atoms with Gasteiger partial charge in [-0.05, 0) is 62.8 Å². The fourth-order valence-corrected chi connectivity index (χ4v) is 4.76. The van der Waals surface area contributed by atoms with Gasteiger partial charge in [0.1, 0.15) is 16.0 Å². The maximum atomic E-state index is 12.2. The highest BCUT2D eigenvalue weighted by Gasteiger charge is 2.37. The number of nitrogens with zero attached hydrogens (tertiary/aromatic N) is 3. The van der Waals surface area contributed by atoms with Crippen molar-refractivity contribution in [3.8, 4) is 11.3 Å². The molecule has 0 spiro atoms. The Morgan fingerprint density at radius 1 is 0.947 bits per heavy atom. The SMILES string of the molecule is CCOC(=O)C(=O)C1CCc2cnc(Cl)cc2C1=O.CCOC(=O)c1[nH]nc2c1CCc1cnc(Cl)cc1-2. The first kappa shape index (κ1) is 27.4. The molecule has 2 aliphatic rings. The molecule has 0 saturated carbocycles. The third-order valence-corrected chi connectivity index (χ3v) is 6.64. The van der Waals surface area contributed by atoms with Gasteiger partial charge in [0, 0.05) is 29.1 Å². The molecule has 1 unspecified atom stereocenters. The standard InChI is InChI=1S/C13H12ClN3O2.C13H12ClNO4/c1-2-19-13(18)12-8-4-3-7-6-15-10(14)5-9(7)11(8)16-17-12;1-2-19-13(18)12(17)8-4-3-7-6-15-10(14)5-9(7)11(8)16/h5-6H,2-4H2,1H3,(H,16,17);5-6,8H,2-4H2,1H3. The number of rotatable bonds is 5. The minimum Gasteiger partial charge on any atom is -0.461 e. The molecule has 3 aromatic rings. The van der Waals surface area contributed by atoms with Crippen molar-refractivity contribution in [3.05, 3.63) is 62.8 Å². The Kier molecular flexibility index (Phi) is 8.53. The van der Waals surface area contributed by atoms with E-state index < -0.39 is 17.7 Å². The van der Waals surface area contributed by atoms with E-state index in [0.29, 0.717) is 35.9 Å². The summed E-state index contributed by atoms with van der Waals surface area (Å²) in [6, 6.07) is 3.22. The van der Waals surface area contributed by atoms with Crippen molar-refractivity contribution in [1.82, 2.24) is 20.2 Å². The lowest BCUT2D eigenvalue weighted by atomic mass is 9.81. The topological polar surface area (TPSA) is 141 Å². The van der Waals surface area contributed by atoms with E-state index in [-0.39, 0.29) is 23.5 Å². The number of nitrogens with one attached hydrogen (secondary N) is 1. The number of aromatic amines is 1. The lowest BCUT2D eigenvalue weighted by Gasteiger charge is -2.21. The summed E-state index contributed by atoms with van der Waals surface area (Å²) in [6.45, 7) is 3.84. The van der Waals surface area contributed by atoms with Gasteiger partial charge in [0.25, 0.3) is 5.78 Å². The first-order valence-corrected chi connectivity index (χ1v) is 12.8. The van der Waals surface area contributed by atoms with Crippen LogP contribution in [0, 0.1) is 5.92 Å². The van der Waals surface area contributed by atoms with Gasteiger partial charge in [0.15, 0.2) is 5.78 Å². The molecule has 0 aliphatic heterocycles. The van der Waals surface area contributed by atoms with Crippen molar-refractivity contribution in [2.24, 2.45) is 5.92 Å². The highest BCUT2D eigenvalue weighted by molar-refractivity contribution is 6.40. The zero-order valence-electron chi connectivity index (χ0n) is 20.7. The average molecular weight is 559 g/mol. The van der Waals surface area contributed by atoms with Gasteiger partial charge in [-0.25, -0.2) is 19.6 Å². The third kappa shape index (κ3) is 5.61. The number of aromatic nitrogens is 4. The normalized spacial score (nSPS) is 15.3. The van der Waals surface area contributed by atoms with Gasteiger partial charge in [-0.15, -0.1) is 0 Å². The lowest BCUT2D eigenvalue weighted by molar-refractivity contribution is -0.154.